The Bertz CT molecular complexity index is 1580. The molecule has 46 heavy (non-hydrogen) atoms. The van der Waals surface area contributed by atoms with Crippen LogP contribution in [-0.4, -0.2) is 58.7 Å². The van der Waals surface area contributed by atoms with E-state index in [1.807, 2.05) is 78.9 Å². The normalized spacial score (nSPS) is 14.0. The first-order valence-electron chi connectivity index (χ1n) is 15.8. The number of likely N-dealkylation sites (tertiary alicyclic amines) is 1. The van der Waals surface area contributed by atoms with Crippen LogP contribution in [0.15, 0.2) is 91.3 Å². The Kier molecular flexibility index (Phi) is 11.2. The van der Waals surface area contributed by atoms with Gasteiger partial charge in [0.15, 0.2) is 0 Å². The van der Waals surface area contributed by atoms with Crippen molar-refractivity contribution in [3.8, 4) is 16.9 Å². The van der Waals surface area contributed by atoms with Gasteiger partial charge in [0.05, 0.1) is 13.3 Å². The molecule has 0 bridgehead atoms. The second-order valence-electron chi connectivity index (χ2n) is 11.9. The average Bonchev–Trinajstić information content (AvgIpc) is 3.53. The molecule has 3 aromatic carbocycles. The molecular formula is C37H42N4O5. The van der Waals surface area contributed by atoms with Crippen molar-refractivity contribution in [2.45, 2.75) is 51.2 Å². The van der Waals surface area contributed by atoms with E-state index in [1.165, 1.54) is 7.11 Å². The molecule has 9 nitrogen and oxygen atoms in total. The first kappa shape index (κ1) is 32.5. The van der Waals surface area contributed by atoms with Crippen LogP contribution < -0.4 is 10.1 Å². The summed E-state index contributed by atoms with van der Waals surface area (Å²) in [4.78, 5) is 40.3. The van der Waals surface area contributed by atoms with Crippen LogP contribution in [0.25, 0.3) is 11.1 Å². The Labute approximate surface area is 270 Å². The van der Waals surface area contributed by atoms with E-state index in [0.29, 0.717) is 45.4 Å². The number of benzene rings is 3. The summed E-state index contributed by atoms with van der Waals surface area (Å²) in [5, 5.41) is 7.11. The average molecular weight is 623 g/mol. The minimum absolute atomic E-state index is 0.140. The van der Waals surface area contributed by atoms with Crippen molar-refractivity contribution >= 4 is 17.8 Å². The van der Waals surface area contributed by atoms with E-state index in [2.05, 4.69) is 34.7 Å². The summed E-state index contributed by atoms with van der Waals surface area (Å²) in [6, 6.07) is 24.9. The minimum atomic E-state index is -0.784. The maximum absolute atomic E-state index is 13.0. The molecule has 0 radical (unpaired) electrons. The van der Waals surface area contributed by atoms with Crippen LogP contribution in [0.2, 0.25) is 0 Å². The van der Waals surface area contributed by atoms with Gasteiger partial charge < -0.3 is 19.7 Å². The molecule has 1 saturated heterocycles. The van der Waals surface area contributed by atoms with E-state index in [0.717, 1.165) is 46.4 Å². The van der Waals surface area contributed by atoms with Gasteiger partial charge in [-0.05, 0) is 59.6 Å². The van der Waals surface area contributed by atoms with Crippen molar-refractivity contribution < 1.29 is 23.9 Å². The highest BCUT2D eigenvalue weighted by molar-refractivity contribution is 5.84. The van der Waals surface area contributed by atoms with Crippen molar-refractivity contribution in [3.63, 3.8) is 0 Å². The van der Waals surface area contributed by atoms with Gasteiger partial charge in [0.25, 0.3) is 0 Å². The van der Waals surface area contributed by atoms with E-state index >= 15 is 0 Å². The summed E-state index contributed by atoms with van der Waals surface area (Å²) in [5.74, 6) is 0.360. The smallest absolute Gasteiger partial charge is 0.328 e. The summed E-state index contributed by atoms with van der Waals surface area (Å²) in [6.07, 6.45) is 7.10. The molecule has 4 aromatic rings. The number of nitrogens with zero attached hydrogens (tertiary/aromatic N) is 3. The van der Waals surface area contributed by atoms with Gasteiger partial charge in [-0.2, -0.15) is 5.10 Å². The van der Waals surface area contributed by atoms with Crippen molar-refractivity contribution in [1.29, 1.82) is 0 Å². The van der Waals surface area contributed by atoms with Crippen LogP contribution in [0.5, 0.6) is 5.75 Å². The number of nitrogens with one attached hydrogen (secondary N) is 1. The third-order valence-electron chi connectivity index (χ3n) is 8.49. The van der Waals surface area contributed by atoms with Gasteiger partial charge in [0, 0.05) is 51.2 Å². The van der Waals surface area contributed by atoms with Crippen LogP contribution in [0.4, 0.5) is 0 Å². The quantitative estimate of drug-likeness (QED) is 0.208. The number of hydrogen-bond acceptors (Lipinski definition) is 6. The number of hydrogen-bond donors (Lipinski definition) is 1. The molecule has 1 atom stereocenters. The summed E-state index contributed by atoms with van der Waals surface area (Å²) in [6.45, 7) is 1.74. The predicted octanol–water partition coefficient (Wildman–Crippen LogP) is 5.13. The number of piperidine rings is 1. The third kappa shape index (κ3) is 9.30. The summed E-state index contributed by atoms with van der Waals surface area (Å²) in [7, 11) is 3.22. The molecule has 1 aliphatic heterocycles. The Morgan fingerprint density at radius 1 is 0.891 bits per heavy atom. The standard InChI is InChI=1S/C37H42N4O5/c1-40-25-32(24-38-40)31-13-8-27(9-14-31)12-17-36(43)41-20-18-29(19-21-41)23-35(42)39-34(37(44)45-2)22-28-10-15-33(16-11-28)46-26-30-6-4-3-5-7-30/h3-11,13-16,24-25,29,34H,12,17-23,26H2,1-2H3,(H,39,42)/t34-/m0/s1. The molecule has 9 heteroatoms. The molecule has 0 spiro atoms. The molecule has 0 saturated carbocycles. The van der Waals surface area contributed by atoms with Gasteiger partial charge in [-0.25, -0.2) is 4.79 Å². The zero-order valence-electron chi connectivity index (χ0n) is 26.6. The molecular weight excluding hydrogens is 580 g/mol. The Hall–Kier alpha value is -4.92. The number of esters is 1. The highest BCUT2D eigenvalue weighted by Gasteiger charge is 2.27. The predicted molar refractivity (Wildman–Crippen MR) is 176 cm³/mol. The highest BCUT2D eigenvalue weighted by Crippen LogP contribution is 2.23. The van der Waals surface area contributed by atoms with Crippen LogP contribution in [-0.2, 0) is 45.6 Å². The zero-order chi connectivity index (χ0) is 32.3. The lowest BCUT2D eigenvalue weighted by atomic mass is 9.92. The fraction of sp³-hybridized carbons (Fsp3) is 0.351. The lowest BCUT2D eigenvalue weighted by Crippen LogP contribution is -2.44. The first-order valence-corrected chi connectivity index (χ1v) is 15.8. The number of carbonyl (C=O) groups excluding carboxylic acids is 3. The molecule has 240 valence electrons. The molecule has 2 heterocycles. The minimum Gasteiger partial charge on any atom is -0.489 e. The van der Waals surface area contributed by atoms with Gasteiger partial charge in [-0.15, -0.1) is 0 Å². The second kappa shape index (κ2) is 15.9. The van der Waals surface area contributed by atoms with Crippen molar-refractivity contribution in [2.24, 2.45) is 13.0 Å². The Morgan fingerprint density at radius 2 is 1.59 bits per heavy atom. The number of ether oxygens (including phenoxy) is 2. The van der Waals surface area contributed by atoms with Crippen LogP contribution in [0, 0.1) is 5.92 Å². The number of carbonyl (C=O) groups is 3. The summed E-state index contributed by atoms with van der Waals surface area (Å²) in [5.41, 5.74) is 5.26. The molecule has 1 aliphatic rings. The van der Waals surface area contributed by atoms with Crippen molar-refractivity contribution in [2.75, 3.05) is 20.2 Å². The zero-order valence-corrected chi connectivity index (χ0v) is 26.6. The fourth-order valence-electron chi connectivity index (χ4n) is 5.78. The van der Waals surface area contributed by atoms with Gasteiger partial charge in [0.2, 0.25) is 11.8 Å². The molecule has 2 amide bonds. The topological polar surface area (TPSA) is 103 Å². The third-order valence-corrected chi connectivity index (χ3v) is 8.49. The SMILES string of the molecule is COC(=O)[C@H](Cc1ccc(OCc2ccccc2)cc1)NC(=O)CC1CCN(C(=O)CCc2ccc(-c3cnn(C)c3)cc2)CC1. The lowest BCUT2D eigenvalue weighted by Gasteiger charge is -2.32. The number of aromatic nitrogens is 2. The Balaban J connectivity index is 1.03. The maximum atomic E-state index is 13.0. The van der Waals surface area contributed by atoms with E-state index in [1.54, 1.807) is 4.68 Å². The summed E-state index contributed by atoms with van der Waals surface area (Å²) >= 11 is 0. The van der Waals surface area contributed by atoms with Crippen LogP contribution >= 0.6 is 0 Å². The maximum Gasteiger partial charge on any atom is 0.328 e. The first-order chi connectivity index (χ1) is 22.4. The largest absolute Gasteiger partial charge is 0.489 e. The van der Waals surface area contributed by atoms with Gasteiger partial charge >= 0.3 is 5.97 Å². The fourth-order valence-corrected chi connectivity index (χ4v) is 5.78. The van der Waals surface area contributed by atoms with E-state index in [4.69, 9.17) is 9.47 Å². The number of amides is 2. The monoisotopic (exact) mass is 622 g/mol. The molecule has 1 N–H and O–H groups in total. The van der Waals surface area contributed by atoms with E-state index < -0.39 is 12.0 Å². The number of rotatable bonds is 13. The number of methoxy groups -OCH3 is 1. The molecule has 0 aliphatic carbocycles. The van der Waals surface area contributed by atoms with Crippen LogP contribution in [0.3, 0.4) is 0 Å². The van der Waals surface area contributed by atoms with Gasteiger partial charge in [0.1, 0.15) is 18.4 Å². The van der Waals surface area contributed by atoms with Gasteiger partial charge in [-0.3, -0.25) is 14.3 Å². The summed E-state index contributed by atoms with van der Waals surface area (Å²) < 4.78 is 12.6. The lowest BCUT2D eigenvalue weighted by molar-refractivity contribution is -0.145. The molecule has 1 aromatic heterocycles. The molecule has 5 rings (SSSR count). The van der Waals surface area contributed by atoms with E-state index in [-0.39, 0.29) is 17.7 Å². The second-order valence-corrected chi connectivity index (χ2v) is 11.9. The van der Waals surface area contributed by atoms with Crippen molar-refractivity contribution in [3.05, 3.63) is 108 Å². The highest BCUT2D eigenvalue weighted by atomic mass is 16.5. The Morgan fingerprint density at radius 3 is 2.24 bits per heavy atom. The van der Waals surface area contributed by atoms with Gasteiger partial charge in [-0.1, -0.05) is 66.7 Å². The molecule has 0 unspecified atom stereocenters. The van der Waals surface area contributed by atoms with E-state index in [9.17, 15) is 14.4 Å². The molecule has 1 fully saturated rings. The van der Waals surface area contributed by atoms with Crippen molar-refractivity contribution in [1.82, 2.24) is 20.0 Å². The number of aryl methyl sites for hydroxylation is 2. The van der Waals surface area contributed by atoms with Crippen LogP contribution in [0.1, 0.15) is 42.4 Å².